The Morgan fingerprint density at radius 2 is 1.33 bits per heavy atom. The molecule has 2 N–H and O–H groups in total. The van der Waals surface area contributed by atoms with Gasteiger partial charge in [-0.25, -0.2) is 0 Å². The number of anilines is 1. The van der Waals surface area contributed by atoms with Crippen LogP contribution in [-0.4, -0.2) is 56.9 Å². The van der Waals surface area contributed by atoms with Crippen LogP contribution in [0.1, 0.15) is 117 Å². The molecule has 0 amide bonds. The van der Waals surface area contributed by atoms with E-state index in [1.54, 1.807) is 0 Å². The van der Waals surface area contributed by atoms with Gasteiger partial charge in [-0.15, -0.1) is 0 Å². The monoisotopic (exact) mass is 604 g/mol. The smallest absolute Gasteiger partial charge is 0.323 e. The Morgan fingerprint density at radius 1 is 0.721 bits per heavy atom. The zero-order valence-electron chi connectivity index (χ0n) is 27.7. The summed E-state index contributed by atoms with van der Waals surface area (Å²) in [5.74, 6) is -0.263. The van der Waals surface area contributed by atoms with Crippen LogP contribution in [0.5, 0.6) is 0 Å². The maximum absolute atomic E-state index is 13.1. The minimum Gasteiger partial charge on any atom is -0.466 e. The van der Waals surface area contributed by atoms with E-state index in [0.717, 1.165) is 75.5 Å². The lowest BCUT2D eigenvalue weighted by molar-refractivity contribution is -0.154. The van der Waals surface area contributed by atoms with Crippen LogP contribution >= 0.6 is 0 Å². The zero-order chi connectivity index (χ0) is 31.7. The molecule has 0 aliphatic rings. The number of rotatable bonds is 26. The first-order valence-corrected chi connectivity index (χ1v) is 16.9. The molecule has 0 spiro atoms. The van der Waals surface area contributed by atoms with Crippen molar-refractivity contribution in [2.24, 2.45) is 11.8 Å². The summed E-state index contributed by atoms with van der Waals surface area (Å²) in [6, 6.07) is 7.25. The molecule has 0 saturated carbocycles. The molecule has 43 heavy (non-hydrogen) atoms. The molecule has 3 atom stereocenters. The largest absolute Gasteiger partial charge is 0.466 e. The van der Waals surface area contributed by atoms with E-state index < -0.39 is 12.0 Å². The fourth-order valence-corrected chi connectivity index (χ4v) is 4.66. The highest BCUT2D eigenvalue weighted by atomic mass is 16.5. The van der Waals surface area contributed by atoms with Gasteiger partial charge in [-0.2, -0.15) is 0 Å². The van der Waals surface area contributed by atoms with Crippen LogP contribution in [0.15, 0.2) is 24.3 Å². The molecule has 8 heteroatoms. The van der Waals surface area contributed by atoms with E-state index >= 15 is 0 Å². The van der Waals surface area contributed by atoms with Gasteiger partial charge in [0, 0.05) is 12.2 Å². The third-order valence-corrected chi connectivity index (χ3v) is 7.86. The molecule has 0 fully saturated rings. The first-order valence-electron chi connectivity index (χ1n) is 16.9. The molecule has 0 aromatic heterocycles. The molecule has 0 bridgehead atoms. The number of benzene rings is 1. The van der Waals surface area contributed by atoms with Crippen LogP contribution in [0.3, 0.4) is 0 Å². The molecule has 1 aromatic carbocycles. The standard InChI is InChI=1S/C35H60N2O6/c1-6-11-14-28(9-4)26-42-34(39)25-32(35(40)43-27-29(10-5)15-12-7-2)37-22-20-30-16-18-31(19-17-30)36-23-21-33(38)41-24-13-8-3/h16-19,28-29,32,36-37H,6-15,20-27H2,1-5H3. The highest BCUT2D eigenvalue weighted by Gasteiger charge is 2.25. The Balaban J connectivity index is 2.64. The van der Waals surface area contributed by atoms with E-state index in [2.05, 4.69) is 45.3 Å². The Hall–Kier alpha value is -2.61. The minimum atomic E-state index is -0.745. The molecule has 0 saturated heterocycles. The van der Waals surface area contributed by atoms with E-state index in [1.807, 2.05) is 24.3 Å². The van der Waals surface area contributed by atoms with Gasteiger partial charge in [-0.3, -0.25) is 14.4 Å². The van der Waals surface area contributed by atoms with Gasteiger partial charge < -0.3 is 24.8 Å². The molecule has 1 aromatic rings. The Labute approximate surface area is 261 Å². The number of nitrogens with one attached hydrogen (secondary N) is 2. The van der Waals surface area contributed by atoms with Gasteiger partial charge in [0.25, 0.3) is 0 Å². The summed E-state index contributed by atoms with van der Waals surface area (Å²) in [7, 11) is 0. The van der Waals surface area contributed by atoms with E-state index in [1.165, 1.54) is 0 Å². The average molecular weight is 605 g/mol. The van der Waals surface area contributed by atoms with Gasteiger partial charge in [0.05, 0.1) is 32.7 Å². The number of carbonyl (C=O) groups is 3. The van der Waals surface area contributed by atoms with Crippen molar-refractivity contribution in [3.63, 3.8) is 0 Å². The van der Waals surface area contributed by atoms with Crippen LogP contribution in [0.2, 0.25) is 0 Å². The Bertz CT molecular complexity index is 876. The van der Waals surface area contributed by atoms with Crippen molar-refractivity contribution >= 4 is 23.6 Å². The Morgan fingerprint density at radius 3 is 1.91 bits per heavy atom. The number of hydrogen-bond donors (Lipinski definition) is 2. The van der Waals surface area contributed by atoms with Crippen molar-refractivity contribution < 1.29 is 28.6 Å². The summed E-state index contributed by atoms with van der Waals surface area (Å²) in [5, 5.41) is 6.51. The van der Waals surface area contributed by atoms with Crippen molar-refractivity contribution in [3.05, 3.63) is 29.8 Å². The number of hydrogen-bond acceptors (Lipinski definition) is 8. The summed E-state index contributed by atoms with van der Waals surface area (Å²) >= 11 is 0. The topological polar surface area (TPSA) is 103 Å². The average Bonchev–Trinajstić information content (AvgIpc) is 3.01. The van der Waals surface area contributed by atoms with Crippen LogP contribution in [0.4, 0.5) is 5.69 Å². The van der Waals surface area contributed by atoms with Gasteiger partial charge in [0.2, 0.25) is 0 Å². The molecule has 0 aliphatic heterocycles. The van der Waals surface area contributed by atoms with E-state index in [-0.39, 0.29) is 18.4 Å². The van der Waals surface area contributed by atoms with Crippen molar-refractivity contribution in [3.8, 4) is 0 Å². The normalized spacial score (nSPS) is 13.1. The summed E-state index contributed by atoms with van der Waals surface area (Å²) in [6.07, 6.45) is 11.3. The number of carbonyl (C=O) groups excluding carboxylic acids is 3. The van der Waals surface area contributed by atoms with Gasteiger partial charge in [-0.05, 0) is 61.8 Å². The maximum Gasteiger partial charge on any atom is 0.323 e. The quantitative estimate of drug-likeness (QED) is 0.0648. The maximum atomic E-state index is 13.1. The fourth-order valence-electron chi connectivity index (χ4n) is 4.66. The summed E-state index contributed by atoms with van der Waals surface area (Å²) in [4.78, 5) is 37.6. The predicted molar refractivity (Wildman–Crippen MR) is 174 cm³/mol. The number of ether oxygens (including phenoxy) is 3. The first kappa shape index (κ1) is 38.4. The molecule has 3 unspecified atom stereocenters. The van der Waals surface area contributed by atoms with Crippen LogP contribution in [0.25, 0.3) is 0 Å². The third kappa shape index (κ3) is 18.6. The summed E-state index contributed by atoms with van der Waals surface area (Å²) in [5.41, 5.74) is 2.03. The molecule has 0 aliphatic carbocycles. The van der Waals surface area contributed by atoms with Crippen LogP contribution < -0.4 is 10.6 Å². The van der Waals surface area contributed by atoms with Gasteiger partial charge in [0.15, 0.2) is 0 Å². The molecule has 0 heterocycles. The molecular weight excluding hydrogens is 544 g/mol. The molecule has 246 valence electrons. The Kier molecular flexibility index (Phi) is 22.1. The van der Waals surface area contributed by atoms with Crippen molar-refractivity contribution in [2.45, 2.75) is 124 Å². The minimum absolute atomic E-state index is 0.0431. The lowest BCUT2D eigenvalue weighted by Crippen LogP contribution is -2.41. The second-order valence-corrected chi connectivity index (χ2v) is 11.6. The van der Waals surface area contributed by atoms with Crippen molar-refractivity contribution in [1.82, 2.24) is 5.32 Å². The second kappa shape index (κ2) is 24.8. The summed E-state index contributed by atoms with van der Waals surface area (Å²) < 4.78 is 16.5. The fraction of sp³-hybridized carbons (Fsp3) is 0.743. The van der Waals surface area contributed by atoms with E-state index in [9.17, 15) is 14.4 Å². The highest BCUT2D eigenvalue weighted by Crippen LogP contribution is 2.16. The predicted octanol–water partition coefficient (Wildman–Crippen LogP) is 7.24. The third-order valence-electron chi connectivity index (χ3n) is 7.86. The van der Waals surface area contributed by atoms with Crippen LogP contribution in [-0.2, 0) is 35.0 Å². The first-order chi connectivity index (χ1) is 20.9. The zero-order valence-corrected chi connectivity index (χ0v) is 27.7. The molecular formula is C35H60N2O6. The molecule has 1 rings (SSSR count). The van der Waals surface area contributed by atoms with Gasteiger partial charge >= 0.3 is 17.9 Å². The van der Waals surface area contributed by atoms with Gasteiger partial charge in [0.1, 0.15) is 6.04 Å². The summed E-state index contributed by atoms with van der Waals surface area (Å²) in [6.45, 7) is 12.9. The lowest BCUT2D eigenvalue weighted by atomic mass is 10.0. The van der Waals surface area contributed by atoms with Gasteiger partial charge in [-0.1, -0.05) is 91.7 Å². The van der Waals surface area contributed by atoms with Crippen molar-refractivity contribution in [1.29, 1.82) is 0 Å². The number of unbranched alkanes of at least 4 members (excludes halogenated alkanes) is 3. The second-order valence-electron chi connectivity index (χ2n) is 11.6. The lowest BCUT2D eigenvalue weighted by Gasteiger charge is -2.21. The highest BCUT2D eigenvalue weighted by molar-refractivity contribution is 5.82. The van der Waals surface area contributed by atoms with Crippen LogP contribution in [0, 0.1) is 11.8 Å². The van der Waals surface area contributed by atoms with Crippen molar-refractivity contribution in [2.75, 3.05) is 38.2 Å². The molecule has 8 nitrogen and oxygen atoms in total. The molecule has 0 radical (unpaired) electrons. The van der Waals surface area contributed by atoms with E-state index in [0.29, 0.717) is 57.6 Å². The number of esters is 3. The van der Waals surface area contributed by atoms with E-state index in [4.69, 9.17) is 14.2 Å². The SMILES string of the molecule is CCCCOC(=O)CCNc1ccc(CCNC(CC(=O)OCC(CC)CCCC)C(=O)OCC(CC)CCCC)cc1.